The van der Waals surface area contributed by atoms with Gasteiger partial charge in [0.15, 0.2) is 0 Å². The van der Waals surface area contributed by atoms with Gasteiger partial charge in [0, 0.05) is 18.2 Å². The number of nitrogens with one attached hydrogen (secondary N) is 1. The Labute approximate surface area is 148 Å². The van der Waals surface area contributed by atoms with E-state index >= 15 is 0 Å². The smallest absolute Gasteiger partial charge is 0.387 e. The fraction of sp³-hybridized carbons (Fsp3) is 0.250. The second-order valence-electron chi connectivity index (χ2n) is 5.47. The van der Waals surface area contributed by atoms with Crippen molar-refractivity contribution in [2.45, 2.75) is 25.3 Å². The molecule has 0 amide bonds. The van der Waals surface area contributed by atoms with Crippen molar-refractivity contribution in [1.29, 1.82) is 0 Å². The molecule has 0 bridgehead atoms. The van der Waals surface area contributed by atoms with E-state index in [1.165, 1.54) is 42.5 Å². The van der Waals surface area contributed by atoms with Gasteiger partial charge in [-0.15, -0.1) is 0 Å². The first-order valence-electron chi connectivity index (χ1n) is 7.44. The minimum absolute atomic E-state index is 0.0704. The highest BCUT2D eigenvalue weighted by atomic mass is 32.2. The van der Waals surface area contributed by atoms with Gasteiger partial charge in [-0.05, 0) is 30.2 Å². The van der Waals surface area contributed by atoms with Crippen molar-refractivity contribution in [2.75, 3.05) is 0 Å². The van der Waals surface area contributed by atoms with Crippen molar-refractivity contribution < 1.29 is 26.9 Å². The fourth-order valence-corrected chi connectivity index (χ4v) is 3.66. The number of nitro benzene ring substituents is 1. The number of nitro groups is 1. The van der Waals surface area contributed by atoms with Crippen LogP contribution in [-0.2, 0) is 15.8 Å². The van der Waals surface area contributed by atoms with Crippen LogP contribution in [0.3, 0.4) is 0 Å². The van der Waals surface area contributed by atoms with E-state index in [0.29, 0.717) is 11.1 Å². The van der Waals surface area contributed by atoms with Crippen LogP contribution in [0.25, 0.3) is 0 Å². The minimum Gasteiger partial charge on any atom is -0.435 e. The molecule has 1 N–H and O–H groups in total. The van der Waals surface area contributed by atoms with Gasteiger partial charge < -0.3 is 4.74 Å². The Bertz CT molecular complexity index is 872. The molecule has 0 aliphatic carbocycles. The first-order valence-corrected chi connectivity index (χ1v) is 9.09. The number of sulfonamides is 1. The van der Waals surface area contributed by atoms with E-state index in [1.54, 1.807) is 13.0 Å². The first kappa shape index (κ1) is 19.7. The van der Waals surface area contributed by atoms with E-state index < -0.39 is 27.6 Å². The number of nitrogens with zero attached hydrogens (tertiary/aromatic N) is 1. The van der Waals surface area contributed by atoms with E-state index in [-0.39, 0.29) is 17.2 Å². The Balaban J connectivity index is 2.07. The predicted octanol–water partition coefficient (Wildman–Crippen LogP) is 3.38. The van der Waals surface area contributed by atoms with Crippen LogP contribution in [-0.4, -0.2) is 20.0 Å². The molecule has 0 fully saturated rings. The zero-order chi connectivity index (χ0) is 19.3. The van der Waals surface area contributed by atoms with Gasteiger partial charge in [0.1, 0.15) is 5.75 Å². The van der Waals surface area contributed by atoms with Crippen molar-refractivity contribution in [1.82, 2.24) is 4.72 Å². The molecule has 0 aromatic heterocycles. The van der Waals surface area contributed by atoms with Gasteiger partial charge in [-0.3, -0.25) is 10.1 Å². The Kier molecular flexibility index (Phi) is 6.22. The molecular weight excluding hydrogens is 370 g/mol. The lowest BCUT2D eigenvalue weighted by Crippen LogP contribution is -2.28. The molecule has 0 aliphatic heterocycles. The zero-order valence-corrected chi connectivity index (χ0v) is 14.4. The number of alkyl halides is 2. The summed E-state index contributed by atoms with van der Waals surface area (Å²) in [7, 11) is -3.76. The molecular formula is C16H16F2N2O5S. The third-order valence-corrected chi connectivity index (χ3v) is 4.87. The van der Waals surface area contributed by atoms with Gasteiger partial charge in [0.25, 0.3) is 5.69 Å². The maximum Gasteiger partial charge on any atom is 0.387 e. The largest absolute Gasteiger partial charge is 0.435 e. The molecule has 10 heteroatoms. The number of non-ortho nitro benzene ring substituents is 1. The molecule has 1 unspecified atom stereocenters. The van der Waals surface area contributed by atoms with E-state index in [1.807, 2.05) is 0 Å². The van der Waals surface area contributed by atoms with Crippen molar-refractivity contribution in [3.8, 4) is 5.75 Å². The van der Waals surface area contributed by atoms with Crippen LogP contribution in [0, 0.1) is 10.1 Å². The van der Waals surface area contributed by atoms with E-state index in [9.17, 15) is 27.3 Å². The summed E-state index contributed by atoms with van der Waals surface area (Å²) in [6.07, 6.45) is 0. The summed E-state index contributed by atoms with van der Waals surface area (Å²) >= 11 is 0. The molecule has 2 aromatic carbocycles. The van der Waals surface area contributed by atoms with E-state index in [0.717, 1.165) is 0 Å². The fourth-order valence-electron chi connectivity index (χ4n) is 2.27. The Morgan fingerprint density at radius 1 is 1.19 bits per heavy atom. The van der Waals surface area contributed by atoms with Crippen LogP contribution in [0.2, 0.25) is 0 Å². The molecule has 2 aromatic rings. The third-order valence-electron chi connectivity index (χ3n) is 3.44. The lowest BCUT2D eigenvalue weighted by atomic mass is 10.1. The molecule has 0 radical (unpaired) electrons. The summed E-state index contributed by atoms with van der Waals surface area (Å²) in [5, 5.41) is 10.6. The lowest BCUT2D eigenvalue weighted by molar-refractivity contribution is -0.384. The second kappa shape index (κ2) is 8.19. The summed E-state index contributed by atoms with van der Waals surface area (Å²) in [6.45, 7) is -1.41. The first-order chi connectivity index (χ1) is 12.2. The average Bonchev–Trinajstić information content (AvgIpc) is 2.54. The van der Waals surface area contributed by atoms with Gasteiger partial charge in [-0.2, -0.15) is 8.78 Å². The lowest BCUT2D eigenvalue weighted by Gasteiger charge is -2.16. The Morgan fingerprint density at radius 2 is 1.85 bits per heavy atom. The number of benzene rings is 2. The summed E-state index contributed by atoms with van der Waals surface area (Å²) < 4.78 is 55.8. The summed E-state index contributed by atoms with van der Waals surface area (Å²) in [4.78, 5) is 10.0. The number of hydrogen-bond acceptors (Lipinski definition) is 5. The maximum absolute atomic E-state index is 12.3. The van der Waals surface area contributed by atoms with Gasteiger partial charge in [-0.25, -0.2) is 13.1 Å². The molecule has 7 nitrogen and oxygen atoms in total. The quantitative estimate of drug-likeness (QED) is 0.554. The van der Waals surface area contributed by atoms with Crippen LogP contribution in [0.5, 0.6) is 5.75 Å². The van der Waals surface area contributed by atoms with Crippen molar-refractivity contribution in [3.05, 3.63) is 69.8 Å². The van der Waals surface area contributed by atoms with Gasteiger partial charge in [-0.1, -0.05) is 24.3 Å². The molecule has 0 heterocycles. The van der Waals surface area contributed by atoms with Crippen LogP contribution in [0.1, 0.15) is 24.1 Å². The highest BCUT2D eigenvalue weighted by molar-refractivity contribution is 7.88. The van der Waals surface area contributed by atoms with Crippen molar-refractivity contribution in [2.24, 2.45) is 0 Å². The van der Waals surface area contributed by atoms with E-state index in [4.69, 9.17) is 0 Å². The molecule has 2 rings (SSSR count). The Hall–Kier alpha value is -2.59. The average molecular weight is 386 g/mol. The van der Waals surface area contributed by atoms with Crippen LogP contribution >= 0.6 is 0 Å². The monoisotopic (exact) mass is 386 g/mol. The summed E-state index contributed by atoms with van der Waals surface area (Å²) in [6, 6.07) is 10.2. The number of halogens is 2. The summed E-state index contributed by atoms with van der Waals surface area (Å²) in [5.74, 6) is -0.443. The normalized spacial score (nSPS) is 12.8. The minimum atomic E-state index is -3.76. The number of rotatable bonds is 8. The van der Waals surface area contributed by atoms with Crippen LogP contribution < -0.4 is 9.46 Å². The molecule has 1 atom stereocenters. The van der Waals surface area contributed by atoms with Crippen molar-refractivity contribution in [3.63, 3.8) is 0 Å². The summed E-state index contributed by atoms with van der Waals surface area (Å²) in [5.41, 5.74) is 0.698. The zero-order valence-electron chi connectivity index (χ0n) is 13.6. The SMILES string of the molecule is CC(NS(=O)(=O)Cc1ccc([N+](=O)[O-])cc1)c1cccc(OC(F)F)c1. The highest BCUT2D eigenvalue weighted by Gasteiger charge is 2.18. The second-order valence-corrected chi connectivity index (χ2v) is 7.23. The molecule has 0 saturated heterocycles. The molecule has 26 heavy (non-hydrogen) atoms. The van der Waals surface area contributed by atoms with Crippen molar-refractivity contribution >= 4 is 15.7 Å². The standard InChI is InChI=1S/C16H16F2N2O5S/c1-11(13-3-2-4-15(9-13)25-16(17)18)19-26(23,24)10-12-5-7-14(8-6-12)20(21)22/h2-9,11,16,19H,10H2,1H3. The van der Waals surface area contributed by atoms with Crippen LogP contribution in [0.15, 0.2) is 48.5 Å². The number of hydrogen-bond donors (Lipinski definition) is 1. The van der Waals surface area contributed by atoms with Gasteiger partial charge >= 0.3 is 6.61 Å². The molecule has 0 aliphatic rings. The van der Waals surface area contributed by atoms with Gasteiger partial charge in [0.05, 0.1) is 10.7 Å². The predicted molar refractivity (Wildman–Crippen MR) is 90.3 cm³/mol. The topological polar surface area (TPSA) is 98.5 Å². The molecule has 0 spiro atoms. The van der Waals surface area contributed by atoms with E-state index in [2.05, 4.69) is 9.46 Å². The molecule has 0 saturated carbocycles. The highest BCUT2D eigenvalue weighted by Crippen LogP contribution is 2.22. The maximum atomic E-state index is 12.3. The van der Waals surface area contributed by atoms with Gasteiger partial charge in [0.2, 0.25) is 10.0 Å². The number of ether oxygens (including phenoxy) is 1. The third kappa shape index (κ3) is 5.74. The molecule has 140 valence electrons. The van der Waals surface area contributed by atoms with Crippen LogP contribution in [0.4, 0.5) is 14.5 Å². The Morgan fingerprint density at radius 3 is 2.42 bits per heavy atom.